The fourth-order valence-electron chi connectivity index (χ4n) is 1.84. The summed E-state index contributed by atoms with van der Waals surface area (Å²) < 4.78 is 7.95. The van der Waals surface area contributed by atoms with Gasteiger partial charge in [0.1, 0.15) is 12.4 Å². The summed E-state index contributed by atoms with van der Waals surface area (Å²) in [6, 6.07) is 7.09. The number of aromatic carboxylic acids is 1. The zero-order valence-electron chi connectivity index (χ0n) is 11.8. The second-order valence-corrected chi connectivity index (χ2v) is 5.50. The van der Waals surface area contributed by atoms with Gasteiger partial charge in [0, 0.05) is 12.6 Å². The molecule has 0 atom stereocenters. The second-order valence-electron chi connectivity index (χ2n) is 4.71. The van der Waals surface area contributed by atoms with Crippen LogP contribution in [0.25, 0.3) is 11.3 Å². The van der Waals surface area contributed by atoms with Crippen molar-refractivity contribution in [3.05, 3.63) is 46.6 Å². The van der Waals surface area contributed by atoms with E-state index in [1.165, 1.54) is 10.7 Å². The van der Waals surface area contributed by atoms with Crippen molar-refractivity contribution < 1.29 is 14.6 Å². The highest BCUT2D eigenvalue weighted by molar-refractivity contribution is 9.10. The average Bonchev–Trinajstić information content (AvgIpc) is 2.80. The number of hydrogen-bond acceptors (Lipinski definition) is 3. The minimum Gasteiger partial charge on any atom is -0.488 e. The standard InChI is InChI=1S/C15H15BrN2O3/c1-9(2)8-21-13-6-4-5-10(14(13)16)12-7-11(15(19)20)17-18(12)3/h4-7H,1,8H2,2-3H3,(H,19,20). The first-order valence-corrected chi connectivity index (χ1v) is 7.03. The molecule has 0 amide bonds. The largest absolute Gasteiger partial charge is 0.488 e. The Morgan fingerprint density at radius 3 is 2.81 bits per heavy atom. The fraction of sp³-hybridized carbons (Fsp3) is 0.200. The lowest BCUT2D eigenvalue weighted by Crippen LogP contribution is -2.00. The molecule has 0 radical (unpaired) electrons. The van der Waals surface area contributed by atoms with Crippen LogP contribution >= 0.6 is 15.9 Å². The Labute approximate surface area is 131 Å². The van der Waals surface area contributed by atoms with Crippen molar-refractivity contribution >= 4 is 21.9 Å². The maximum atomic E-state index is 11.0. The number of nitrogens with zero attached hydrogens (tertiary/aromatic N) is 2. The van der Waals surface area contributed by atoms with Crippen molar-refractivity contribution in [1.29, 1.82) is 0 Å². The summed E-state index contributed by atoms with van der Waals surface area (Å²) in [6.45, 7) is 6.11. The predicted molar refractivity (Wildman–Crippen MR) is 83.6 cm³/mol. The molecule has 0 saturated carbocycles. The average molecular weight is 351 g/mol. The number of rotatable bonds is 5. The maximum Gasteiger partial charge on any atom is 0.356 e. The van der Waals surface area contributed by atoms with Crippen molar-refractivity contribution in [3.8, 4) is 17.0 Å². The third-order valence-electron chi connectivity index (χ3n) is 2.81. The smallest absolute Gasteiger partial charge is 0.356 e. The van der Waals surface area contributed by atoms with E-state index in [0.717, 1.165) is 15.6 Å². The Hall–Kier alpha value is -2.08. The van der Waals surface area contributed by atoms with Crippen LogP contribution in [0.5, 0.6) is 5.75 Å². The van der Waals surface area contributed by atoms with Crippen molar-refractivity contribution in [2.45, 2.75) is 6.92 Å². The van der Waals surface area contributed by atoms with Crippen LogP contribution in [-0.4, -0.2) is 27.5 Å². The molecule has 5 nitrogen and oxygen atoms in total. The lowest BCUT2D eigenvalue weighted by Gasteiger charge is -2.11. The number of carboxylic acid groups (broad SMARTS) is 1. The quantitative estimate of drug-likeness (QED) is 0.838. The molecule has 1 heterocycles. The summed E-state index contributed by atoms with van der Waals surface area (Å²) in [5.74, 6) is -0.378. The third kappa shape index (κ3) is 3.33. The third-order valence-corrected chi connectivity index (χ3v) is 3.63. The SMILES string of the molecule is C=C(C)COc1cccc(-c2cc(C(=O)O)nn2C)c1Br. The van der Waals surface area contributed by atoms with Gasteiger partial charge >= 0.3 is 5.97 Å². The van der Waals surface area contributed by atoms with E-state index in [-0.39, 0.29) is 5.69 Å². The van der Waals surface area contributed by atoms with E-state index in [2.05, 4.69) is 27.6 Å². The number of aromatic nitrogens is 2. The Balaban J connectivity index is 2.42. The van der Waals surface area contributed by atoms with Crippen LogP contribution < -0.4 is 4.74 Å². The van der Waals surface area contributed by atoms with E-state index >= 15 is 0 Å². The highest BCUT2D eigenvalue weighted by Crippen LogP contribution is 2.35. The molecule has 6 heteroatoms. The van der Waals surface area contributed by atoms with Crippen LogP contribution in [0.1, 0.15) is 17.4 Å². The Morgan fingerprint density at radius 2 is 2.24 bits per heavy atom. The first-order chi connectivity index (χ1) is 9.90. The van der Waals surface area contributed by atoms with Crippen LogP contribution in [0.4, 0.5) is 0 Å². The van der Waals surface area contributed by atoms with E-state index in [1.807, 2.05) is 25.1 Å². The first-order valence-electron chi connectivity index (χ1n) is 6.23. The number of aryl methyl sites for hydroxylation is 1. The number of benzene rings is 1. The van der Waals surface area contributed by atoms with Crippen molar-refractivity contribution in [2.24, 2.45) is 7.05 Å². The fourth-order valence-corrected chi connectivity index (χ4v) is 2.43. The minimum atomic E-state index is -1.05. The van der Waals surface area contributed by atoms with Crippen molar-refractivity contribution in [2.75, 3.05) is 6.61 Å². The van der Waals surface area contributed by atoms with Gasteiger partial charge in [0.2, 0.25) is 0 Å². The maximum absolute atomic E-state index is 11.0. The van der Waals surface area contributed by atoms with Crippen LogP contribution in [-0.2, 0) is 7.05 Å². The zero-order chi connectivity index (χ0) is 15.6. The van der Waals surface area contributed by atoms with E-state index in [9.17, 15) is 4.79 Å². The predicted octanol–water partition coefficient (Wildman–Crippen LogP) is 3.50. The van der Waals surface area contributed by atoms with E-state index in [1.54, 1.807) is 7.05 Å². The number of ether oxygens (including phenoxy) is 1. The van der Waals surface area contributed by atoms with E-state index in [0.29, 0.717) is 18.1 Å². The molecule has 0 spiro atoms. The highest BCUT2D eigenvalue weighted by Gasteiger charge is 2.16. The monoisotopic (exact) mass is 350 g/mol. The van der Waals surface area contributed by atoms with Gasteiger partial charge in [-0.3, -0.25) is 4.68 Å². The molecular formula is C15H15BrN2O3. The Kier molecular flexibility index (Phi) is 4.47. The number of hydrogen-bond donors (Lipinski definition) is 1. The van der Waals surface area contributed by atoms with Gasteiger partial charge in [0.25, 0.3) is 0 Å². The molecule has 1 aromatic carbocycles. The summed E-state index contributed by atoms with van der Waals surface area (Å²) in [4.78, 5) is 11.0. The zero-order valence-corrected chi connectivity index (χ0v) is 13.3. The van der Waals surface area contributed by atoms with Crippen LogP contribution in [0.2, 0.25) is 0 Å². The molecule has 1 N–H and O–H groups in total. The summed E-state index contributed by atoms with van der Waals surface area (Å²) in [5, 5.41) is 13.0. The molecule has 0 aliphatic heterocycles. The van der Waals surface area contributed by atoms with Gasteiger partial charge in [-0.1, -0.05) is 18.7 Å². The normalized spacial score (nSPS) is 10.4. The van der Waals surface area contributed by atoms with Crippen molar-refractivity contribution in [1.82, 2.24) is 9.78 Å². The van der Waals surface area contributed by atoms with E-state index < -0.39 is 5.97 Å². The van der Waals surface area contributed by atoms with Gasteiger partial charge in [-0.25, -0.2) is 4.79 Å². The molecule has 2 aromatic rings. The number of halogens is 1. The Morgan fingerprint density at radius 1 is 1.52 bits per heavy atom. The van der Waals surface area contributed by atoms with Crippen LogP contribution in [0.15, 0.2) is 40.9 Å². The first kappa shape index (κ1) is 15.3. The van der Waals surface area contributed by atoms with E-state index in [4.69, 9.17) is 9.84 Å². The number of carbonyl (C=O) groups is 1. The van der Waals surface area contributed by atoms with Crippen LogP contribution in [0, 0.1) is 0 Å². The molecule has 0 unspecified atom stereocenters. The molecule has 0 saturated heterocycles. The summed E-state index contributed by atoms with van der Waals surface area (Å²) in [5.41, 5.74) is 2.44. The molecule has 0 bridgehead atoms. The molecule has 0 fully saturated rings. The molecule has 110 valence electrons. The van der Waals surface area contributed by atoms with Gasteiger partial charge in [-0.05, 0) is 40.6 Å². The molecule has 21 heavy (non-hydrogen) atoms. The minimum absolute atomic E-state index is 0.00709. The Bertz CT molecular complexity index is 707. The van der Waals surface area contributed by atoms with Gasteiger partial charge < -0.3 is 9.84 Å². The van der Waals surface area contributed by atoms with Gasteiger partial charge in [-0.15, -0.1) is 0 Å². The molecule has 0 aliphatic carbocycles. The topological polar surface area (TPSA) is 64.3 Å². The summed E-state index contributed by atoms with van der Waals surface area (Å²) >= 11 is 3.51. The second kappa shape index (κ2) is 6.13. The van der Waals surface area contributed by atoms with Gasteiger partial charge in [0.15, 0.2) is 5.69 Å². The lowest BCUT2D eigenvalue weighted by molar-refractivity contribution is 0.0689. The summed E-state index contributed by atoms with van der Waals surface area (Å²) in [7, 11) is 1.70. The molecular weight excluding hydrogens is 336 g/mol. The molecule has 0 aliphatic rings. The van der Waals surface area contributed by atoms with Gasteiger partial charge in [-0.2, -0.15) is 5.10 Å². The summed E-state index contributed by atoms with van der Waals surface area (Å²) in [6.07, 6.45) is 0. The van der Waals surface area contributed by atoms with Crippen LogP contribution in [0.3, 0.4) is 0 Å². The van der Waals surface area contributed by atoms with Gasteiger partial charge in [0.05, 0.1) is 10.2 Å². The van der Waals surface area contributed by atoms with Crippen molar-refractivity contribution in [3.63, 3.8) is 0 Å². The highest BCUT2D eigenvalue weighted by atomic mass is 79.9. The number of carboxylic acids is 1. The molecule has 1 aromatic heterocycles. The molecule has 2 rings (SSSR count). The lowest BCUT2D eigenvalue weighted by atomic mass is 10.1.